The van der Waals surface area contributed by atoms with E-state index >= 15 is 0 Å². The van der Waals surface area contributed by atoms with E-state index < -0.39 is 0 Å². The summed E-state index contributed by atoms with van der Waals surface area (Å²) in [5, 5.41) is 3.35. The van der Waals surface area contributed by atoms with Crippen LogP contribution >= 0.6 is 0 Å². The fraction of sp³-hybridized carbons (Fsp3) is 0.158. The molecule has 0 aromatic carbocycles. The second-order valence-corrected chi connectivity index (χ2v) is 4.54. The summed E-state index contributed by atoms with van der Waals surface area (Å²) in [5.74, 6) is 0. The van der Waals surface area contributed by atoms with Gasteiger partial charge in [-0.2, -0.15) is 0 Å². The summed E-state index contributed by atoms with van der Waals surface area (Å²) in [4.78, 5) is 2.15. The van der Waals surface area contributed by atoms with Gasteiger partial charge in [0.25, 0.3) is 0 Å². The monoisotopic (exact) mass is 280 g/mol. The Bertz CT molecular complexity index is 530. The predicted octanol–water partition coefficient (Wildman–Crippen LogP) is 4.23. The van der Waals surface area contributed by atoms with Crippen LogP contribution in [0.2, 0.25) is 0 Å². The summed E-state index contributed by atoms with van der Waals surface area (Å²) >= 11 is 0. The van der Waals surface area contributed by atoms with Crippen molar-refractivity contribution in [1.82, 2.24) is 10.2 Å². The van der Waals surface area contributed by atoms with Crippen LogP contribution in [0.5, 0.6) is 0 Å². The van der Waals surface area contributed by atoms with Crippen LogP contribution in [0.25, 0.3) is 0 Å². The Morgan fingerprint density at radius 3 is 2.57 bits per heavy atom. The first-order valence-electron chi connectivity index (χ1n) is 7.00. The third-order valence-electron chi connectivity index (χ3n) is 3.16. The molecule has 0 bridgehead atoms. The highest BCUT2D eigenvalue weighted by Crippen LogP contribution is 2.23. The van der Waals surface area contributed by atoms with Gasteiger partial charge in [0.05, 0.1) is 11.4 Å². The Kier molecular flexibility index (Phi) is 6.82. The van der Waals surface area contributed by atoms with E-state index in [9.17, 15) is 0 Å². The Morgan fingerprint density at radius 2 is 2.00 bits per heavy atom. The number of hydrogen-bond acceptors (Lipinski definition) is 2. The van der Waals surface area contributed by atoms with E-state index in [-0.39, 0.29) is 6.04 Å². The molecule has 0 aromatic heterocycles. The van der Waals surface area contributed by atoms with Crippen molar-refractivity contribution in [3.05, 3.63) is 98.1 Å². The van der Waals surface area contributed by atoms with Crippen LogP contribution < -0.4 is 5.32 Å². The summed E-state index contributed by atoms with van der Waals surface area (Å²) in [7, 11) is 0. The molecule has 1 heterocycles. The molecule has 21 heavy (non-hydrogen) atoms. The zero-order valence-corrected chi connectivity index (χ0v) is 12.8. The fourth-order valence-corrected chi connectivity index (χ4v) is 2.19. The molecule has 110 valence electrons. The maximum Gasteiger partial charge on any atom is 0.0645 e. The molecular formula is C19H24N2. The molecule has 1 unspecified atom stereocenters. The highest BCUT2D eigenvalue weighted by molar-refractivity contribution is 5.37. The van der Waals surface area contributed by atoms with Crippen molar-refractivity contribution in [3.8, 4) is 0 Å². The lowest BCUT2D eigenvalue weighted by atomic mass is 10.1. The first-order chi connectivity index (χ1) is 10.2. The van der Waals surface area contributed by atoms with Crippen molar-refractivity contribution in [2.75, 3.05) is 6.54 Å². The van der Waals surface area contributed by atoms with Crippen LogP contribution in [0, 0.1) is 0 Å². The van der Waals surface area contributed by atoms with E-state index in [2.05, 4.69) is 55.6 Å². The lowest BCUT2D eigenvalue weighted by Crippen LogP contribution is -2.32. The maximum atomic E-state index is 3.95. The van der Waals surface area contributed by atoms with Crippen molar-refractivity contribution >= 4 is 0 Å². The summed E-state index contributed by atoms with van der Waals surface area (Å²) < 4.78 is 0. The molecule has 0 aliphatic carbocycles. The molecule has 0 saturated heterocycles. The van der Waals surface area contributed by atoms with Crippen molar-refractivity contribution < 1.29 is 0 Å². The number of nitrogens with one attached hydrogen (secondary N) is 1. The molecule has 1 N–H and O–H groups in total. The summed E-state index contributed by atoms with van der Waals surface area (Å²) in [5.41, 5.74) is 2.86. The largest absolute Gasteiger partial charge is 0.380 e. The second kappa shape index (κ2) is 8.64. The van der Waals surface area contributed by atoms with Gasteiger partial charge in [-0.3, -0.25) is 0 Å². The van der Waals surface area contributed by atoms with Crippen molar-refractivity contribution in [2.24, 2.45) is 0 Å². The van der Waals surface area contributed by atoms with E-state index in [1.54, 1.807) is 6.08 Å². The van der Waals surface area contributed by atoms with E-state index in [1.807, 2.05) is 36.5 Å². The average Bonchev–Trinajstić information content (AvgIpc) is 2.50. The van der Waals surface area contributed by atoms with Gasteiger partial charge in [-0.05, 0) is 31.2 Å². The lowest BCUT2D eigenvalue weighted by molar-refractivity contribution is 0.399. The van der Waals surface area contributed by atoms with Crippen LogP contribution in [0.1, 0.15) is 6.92 Å². The van der Waals surface area contributed by atoms with Crippen molar-refractivity contribution in [3.63, 3.8) is 0 Å². The van der Waals surface area contributed by atoms with Gasteiger partial charge >= 0.3 is 0 Å². The maximum absolute atomic E-state index is 3.95. The van der Waals surface area contributed by atoms with Gasteiger partial charge in [0.1, 0.15) is 0 Å². The molecule has 0 spiro atoms. The lowest BCUT2D eigenvalue weighted by Gasteiger charge is -2.33. The molecular weight excluding hydrogens is 256 g/mol. The number of nitrogens with zero attached hydrogens (tertiary/aromatic N) is 1. The number of hydrogen-bond donors (Lipinski definition) is 1. The molecule has 2 heteroatoms. The SMILES string of the molecule is C=C/C=C(\C=C)N1/C(C=C)=C(/C=C)NC/C=C\C=C/C1C. The Morgan fingerprint density at radius 1 is 1.24 bits per heavy atom. The normalized spacial score (nSPS) is 26.2. The zero-order valence-electron chi connectivity index (χ0n) is 12.8. The topological polar surface area (TPSA) is 15.3 Å². The van der Waals surface area contributed by atoms with Gasteiger partial charge in [-0.1, -0.05) is 56.7 Å². The highest BCUT2D eigenvalue weighted by Gasteiger charge is 2.18. The molecule has 0 amide bonds. The van der Waals surface area contributed by atoms with E-state index in [0.29, 0.717) is 0 Å². The molecule has 0 aromatic rings. The minimum atomic E-state index is 0.140. The Hall–Kier alpha value is -2.48. The first-order valence-corrected chi connectivity index (χ1v) is 7.00. The molecule has 1 aliphatic rings. The minimum absolute atomic E-state index is 0.140. The van der Waals surface area contributed by atoms with E-state index in [0.717, 1.165) is 23.6 Å². The smallest absolute Gasteiger partial charge is 0.0645 e. The quantitative estimate of drug-likeness (QED) is 0.758. The Balaban J connectivity index is 3.50. The highest BCUT2D eigenvalue weighted by atomic mass is 15.2. The minimum Gasteiger partial charge on any atom is -0.380 e. The third-order valence-corrected chi connectivity index (χ3v) is 3.16. The standard InChI is InChI=1S/C19H24N2/c1-6-13-17(7-2)21-16(5)14-11-10-12-15-20-18(8-3)19(21)9-4/h6-14,16,20H,1-4,15H2,5H3/b12-10-,14-11-,17-13+,19-18-. The van der Waals surface area contributed by atoms with Gasteiger partial charge in [0.2, 0.25) is 0 Å². The Labute approximate surface area is 128 Å². The number of allylic oxidation sites excluding steroid dienone is 7. The van der Waals surface area contributed by atoms with Crippen molar-refractivity contribution in [2.45, 2.75) is 13.0 Å². The van der Waals surface area contributed by atoms with Gasteiger partial charge in [0.15, 0.2) is 0 Å². The predicted molar refractivity (Wildman–Crippen MR) is 93.5 cm³/mol. The summed E-state index contributed by atoms with van der Waals surface area (Å²) in [6.07, 6.45) is 17.4. The van der Waals surface area contributed by atoms with Gasteiger partial charge < -0.3 is 10.2 Å². The first kappa shape index (κ1) is 16.6. The molecule has 0 fully saturated rings. The van der Waals surface area contributed by atoms with E-state index in [4.69, 9.17) is 0 Å². The molecule has 0 saturated carbocycles. The van der Waals surface area contributed by atoms with Crippen LogP contribution in [-0.4, -0.2) is 17.5 Å². The van der Waals surface area contributed by atoms with Gasteiger partial charge in [-0.25, -0.2) is 0 Å². The van der Waals surface area contributed by atoms with Crippen LogP contribution in [0.15, 0.2) is 98.1 Å². The van der Waals surface area contributed by atoms with Crippen LogP contribution in [0.3, 0.4) is 0 Å². The summed E-state index contributed by atoms with van der Waals surface area (Å²) in [6, 6.07) is 0.140. The van der Waals surface area contributed by atoms with Crippen LogP contribution in [0.4, 0.5) is 0 Å². The van der Waals surface area contributed by atoms with Gasteiger partial charge in [0, 0.05) is 18.3 Å². The van der Waals surface area contributed by atoms with Crippen LogP contribution in [-0.2, 0) is 0 Å². The molecule has 1 rings (SSSR count). The molecule has 1 aliphatic heterocycles. The molecule has 0 radical (unpaired) electrons. The number of rotatable bonds is 5. The van der Waals surface area contributed by atoms with Gasteiger partial charge in [-0.15, -0.1) is 0 Å². The average molecular weight is 280 g/mol. The third kappa shape index (κ3) is 4.25. The van der Waals surface area contributed by atoms with E-state index in [1.165, 1.54) is 0 Å². The fourth-order valence-electron chi connectivity index (χ4n) is 2.19. The summed E-state index contributed by atoms with van der Waals surface area (Å²) in [6.45, 7) is 18.4. The second-order valence-electron chi connectivity index (χ2n) is 4.54. The van der Waals surface area contributed by atoms with Crippen molar-refractivity contribution in [1.29, 1.82) is 0 Å². The zero-order chi connectivity index (χ0) is 15.7. The molecule has 1 atom stereocenters. The molecule has 2 nitrogen and oxygen atoms in total.